The van der Waals surface area contributed by atoms with Crippen molar-refractivity contribution in [2.75, 3.05) is 5.73 Å². The van der Waals surface area contributed by atoms with E-state index >= 15 is 0 Å². The van der Waals surface area contributed by atoms with E-state index in [0.29, 0.717) is 16.6 Å². The Labute approximate surface area is 93.3 Å². The van der Waals surface area contributed by atoms with Gasteiger partial charge >= 0.3 is 0 Å². The summed E-state index contributed by atoms with van der Waals surface area (Å²) in [5.74, 6) is 0.399. The highest BCUT2D eigenvalue weighted by molar-refractivity contribution is 14.1. The molecule has 4 nitrogen and oxygen atoms in total. The minimum absolute atomic E-state index is 0.399. The van der Waals surface area contributed by atoms with Crippen LogP contribution in [0.3, 0.4) is 0 Å². The number of nitrogen functional groups attached to an aromatic ring is 1. The van der Waals surface area contributed by atoms with Gasteiger partial charge in [0.15, 0.2) is 11.5 Å². The molecule has 68 valence electrons. The van der Waals surface area contributed by atoms with Crippen LogP contribution in [0.15, 0.2) is 6.20 Å². The van der Waals surface area contributed by atoms with Gasteiger partial charge in [-0.25, -0.2) is 9.97 Å². The van der Waals surface area contributed by atoms with Gasteiger partial charge in [0.05, 0.1) is 11.9 Å². The Morgan fingerprint density at radius 3 is 2.92 bits per heavy atom. The molecule has 2 aromatic rings. The molecule has 0 amide bonds. The van der Waals surface area contributed by atoms with E-state index in [2.05, 4.69) is 32.6 Å². The Morgan fingerprint density at radius 1 is 1.62 bits per heavy atom. The minimum atomic E-state index is 0.399. The first-order valence-corrected chi connectivity index (χ1v) is 5.01. The third-order valence-electron chi connectivity index (χ3n) is 1.73. The lowest BCUT2D eigenvalue weighted by Crippen LogP contribution is -1.98. The van der Waals surface area contributed by atoms with E-state index in [1.165, 1.54) is 6.20 Å². The van der Waals surface area contributed by atoms with Crippen LogP contribution < -0.4 is 5.73 Å². The van der Waals surface area contributed by atoms with Gasteiger partial charge in [-0.05, 0) is 29.5 Å². The molecule has 0 radical (unpaired) electrons. The van der Waals surface area contributed by atoms with E-state index in [9.17, 15) is 0 Å². The summed E-state index contributed by atoms with van der Waals surface area (Å²) in [7, 11) is 0. The second kappa shape index (κ2) is 2.98. The van der Waals surface area contributed by atoms with Crippen molar-refractivity contribution < 1.29 is 0 Å². The summed E-state index contributed by atoms with van der Waals surface area (Å²) in [6.45, 7) is 1.91. The summed E-state index contributed by atoms with van der Waals surface area (Å²) < 4.78 is 2.74. The van der Waals surface area contributed by atoms with Gasteiger partial charge in [-0.3, -0.25) is 4.40 Å². The van der Waals surface area contributed by atoms with Crippen LogP contribution >= 0.6 is 34.2 Å². The normalized spacial score (nSPS) is 11.0. The zero-order valence-electron chi connectivity index (χ0n) is 6.75. The van der Waals surface area contributed by atoms with Crippen molar-refractivity contribution in [1.82, 2.24) is 14.4 Å². The Balaban J connectivity index is 3.00. The fourth-order valence-electron chi connectivity index (χ4n) is 1.11. The minimum Gasteiger partial charge on any atom is -0.381 e. The van der Waals surface area contributed by atoms with Crippen molar-refractivity contribution in [3.05, 3.63) is 20.7 Å². The Bertz CT molecular complexity index is 479. The number of hydrogen-bond acceptors (Lipinski definition) is 3. The molecule has 0 atom stereocenters. The Kier molecular flexibility index (Phi) is 2.07. The number of aromatic nitrogens is 3. The number of imidazole rings is 1. The zero-order valence-corrected chi connectivity index (χ0v) is 9.67. The zero-order chi connectivity index (χ0) is 9.59. The van der Waals surface area contributed by atoms with Crippen LogP contribution in [0.25, 0.3) is 5.65 Å². The first kappa shape index (κ1) is 9.01. The third kappa shape index (κ3) is 1.26. The molecule has 13 heavy (non-hydrogen) atoms. The number of nitrogens with two attached hydrogens (primary N) is 1. The first-order valence-electron chi connectivity index (χ1n) is 3.56. The fourth-order valence-corrected chi connectivity index (χ4v) is 2.08. The van der Waals surface area contributed by atoms with Crippen molar-refractivity contribution in [1.29, 1.82) is 0 Å². The average Bonchev–Trinajstić information content (AvgIpc) is 2.38. The lowest BCUT2D eigenvalue weighted by Gasteiger charge is -1.99. The van der Waals surface area contributed by atoms with Crippen LogP contribution in [0.2, 0.25) is 5.15 Å². The van der Waals surface area contributed by atoms with Crippen LogP contribution in [0.4, 0.5) is 5.82 Å². The maximum absolute atomic E-state index is 5.95. The van der Waals surface area contributed by atoms with Gasteiger partial charge in [-0.15, -0.1) is 0 Å². The van der Waals surface area contributed by atoms with Crippen LogP contribution in [-0.4, -0.2) is 14.4 Å². The van der Waals surface area contributed by atoms with Crippen molar-refractivity contribution in [3.63, 3.8) is 0 Å². The van der Waals surface area contributed by atoms with E-state index in [1.807, 2.05) is 6.92 Å². The molecule has 0 aliphatic rings. The number of fused-ring (bicyclic) bond motifs is 1. The molecule has 6 heteroatoms. The highest BCUT2D eigenvalue weighted by Gasteiger charge is 2.11. The summed E-state index contributed by atoms with van der Waals surface area (Å²) in [5, 5.41) is 0.522. The predicted molar refractivity (Wildman–Crippen MR) is 59.9 cm³/mol. The molecule has 0 fully saturated rings. The predicted octanol–water partition coefficient (Wildman–Crippen LogP) is 1.88. The van der Waals surface area contributed by atoms with Gasteiger partial charge in [0.2, 0.25) is 0 Å². The summed E-state index contributed by atoms with van der Waals surface area (Å²) in [4.78, 5) is 8.18. The quantitative estimate of drug-likeness (QED) is 0.756. The van der Waals surface area contributed by atoms with Crippen LogP contribution in [0.1, 0.15) is 5.69 Å². The number of hydrogen-bond donors (Lipinski definition) is 1. The molecule has 0 aliphatic carbocycles. The second-order valence-electron chi connectivity index (χ2n) is 2.61. The van der Waals surface area contributed by atoms with Gasteiger partial charge in [-0.1, -0.05) is 11.6 Å². The van der Waals surface area contributed by atoms with Crippen molar-refractivity contribution in [2.45, 2.75) is 6.92 Å². The van der Waals surface area contributed by atoms with Crippen molar-refractivity contribution in [2.24, 2.45) is 0 Å². The molecule has 0 unspecified atom stereocenters. The second-order valence-corrected chi connectivity index (χ2v) is 4.02. The molecule has 2 aromatic heterocycles. The molecule has 2 rings (SSSR count). The maximum atomic E-state index is 5.95. The molecular formula is C7H6ClIN4. The van der Waals surface area contributed by atoms with E-state index in [1.54, 1.807) is 4.40 Å². The van der Waals surface area contributed by atoms with Crippen LogP contribution in [-0.2, 0) is 0 Å². The van der Waals surface area contributed by atoms with E-state index < -0.39 is 0 Å². The Morgan fingerprint density at radius 2 is 2.31 bits per heavy atom. The molecule has 0 aromatic carbocycles. The van der Waals surface area contributed by atoms with Crippen LogP contribution in [0, 0.1) is 10.6 Å². The summed E-state index contributed by atoms with van der Waals surface area (Å²) in [6, 6.07) is 0. The molecular weight excluding hydrogens is 302 g/mol. The highest BCUT2D eigenvalue weighted by Crippen LogP contribution is 2.21. The fraction of sp³-hybridized carbons (Fsp3) is 0.143. The number of rotatable bonds is 0. The maximum Gasteiger partial charge on any atom is 0.182 e. The number of halogens is 2. The molecule has 0 saturated carbocycles. The molecule has 2 heterocycles. The average molecular weight is 309 g/mol. The monoisotopic (exact) mass is 308 g/mol. The van der Waals surface area contributed by atoms with Gasteiger partial charge in [-0.2, -0.15) is 0 Å². The molecule has 0 saturated heterocycles. The summed E-state index contributed by atoms with van der Waals surface area (Å²) >= 11 is 8.12. The van der Waals surface area contributed by atoms with Gasteiger partial charge in [0.25, 0.3) is 0 Å². The molecule has 0 bridgehead atoms. The smallest absolute Gasteiger partial charge is 0.182 e. The summed E-state index contributed by atoms with van der Waals surface area (Å²) in [6.07, 6.45) is 1.52. The largest absolute Gasteiger partial charge is 0.381 e. The van der Waals surface area contributed by atoms with Crippen molar-refractivity contribution >= 4 is 45.7 Å². The van der Waals surface area contributed by atoms with Gasteiger partial charge < -0.3 is 5.73 Å². The Hall–Kier alpha value is -0.560. The topological polar surface area (TPSA) is 56.2 Å². The third-order valence-corrected chi connectivity index (χ3v) is 3.26. The number of anilines is 1. The van der Waals surface area contributed by atoms with E-state index in [-0.39, 0.29) is 0 Å². The van der Waals surface area contributed by atoms with Crippen molar-refractivity contribution in [3.8, 4) is 0 Å². The molecule has 0 aliphatic heterocycles. The first-order chi connectivity index (χ1) is 6.11. The highest BCUT2D eigenvalue weighted by atomic mass is 127. The number of aryl methyl sites for hydroxylation is 1. The molecule has 0 spiro atoms. The van der Waals surface area contributed by atoms with Crippen LogP contribution in [0.5, 0.6) is 0 Å². The lowest BCUT2D eigenvalue weighted by atomic mass is 10.6. The number of nitrogens with zero attached hydrogens (tertiary/aromatic N) is 3. The van der Waals surface area contributed by atoms with E-state index in [0.717, 1.165) is 9.39 Å². The van der Waals surface area contributed by atoms with Gasteiger partial charge in [0, 0.05) is 0 Å². The van der Waals surface area contributed by atoms with E-state index in [4.69, 9.17) is 17.3 Å². The standard InChI is InChI=1S/C7H6ClIN4/c1-3-5(9)13-4(8)2-11-6(10)7(13)12-3/h2H,1H3,(H2,10,11). The lowest BCUT2D eigenvalue weighted by molar-refractivity contribution is 1.10. The molecule has 2 N–H and O–H groups in total. The van der Waals surface area contributed by atoms with Gasteiger partial charge in [0.1, 0.15) is 8.85 Å². The SMILES string of the molecule is Cc1nc2c(N)ncc(Cl)n2c1I. The summed E-state index contributed by atoms with van der Waals surface area (Å²) in [5.41, 5.74) is 7.18.